The van der Waals surface area contributed by atoms with Gasteiger partial charge in [0.15, 0.2) is 11.5 Å². The highest BCUT2D eigenvalue weighted by atomic mass is 31.2. The molecule has 0 saturated heterocycles. The summed E-state index contributed by atoms with van der Waals surface area (Å²) in [6.45, 7) is 4.07. The summed E-state index contributed by atoms with van der Waals surface area (Å²) in [5.41, 5.74) is 1.04. The maximum atomic E-state index is 13.5. The molecule has 0 aliphatic carbocycles. The highest BCUT2D eigenvalue weighted by Crippen LogP contribution is 2.49. The molecule has 4 rings (SSSR count). The van der Waals surface area contributed by atoms with Crippen LogP contribution in [0.25, 0.3) is 11.5 Å². The van der Waals surface area contributed by atoms with Crippen molar-refractivity contribution in [1.82, 2.24) is 4.98 Å². The Morgan fingerprint density at radius 2 is 1.88 bits per heavy atom. The van der Waals surface area contributed by atoms with Crippen LogP contribution in [0.5, 0.6) is 11.5 Å². The first kappa shape index (κ1) is 22.8. The second-order valence-electron chi connectivity index (χ2n) is 6.85. The number of aromatic nitrogens is 1. The van der Waals surface area contributed by atoms with E-state index in [9.17, 15) is 14.7 Å². The van der Waals surface area contributed by atoms with Crippen molar-refractivity contribution in [1.29, 1.82) is 0 Å². The van der Waals surface area contributed by atoms with Crippen molar-refractivity contribution < 1.29 is 32.4 Å². The molecule has 11 nitrogen and oxygen atoms in total. The van der Waals surface area contributed by atoms with Gasteiger partial charge in [-0.1, -0.05) is 12.1 Å². The van der Waals surface area contributed by atoms with Gasteiger partial charge in [-0.2, -0.15) is 4.98 Å². The Bertz CT molecular complexity index is 1200. The number of non-ortho nitro benzene ring substituents is 1. The molecule has 1 N–H and O–H groups in total. The summed E-state index contributed by atoms with van der Waals surface area (Å²) < 4.78 is 40.9. The molecule has 33 heavy (non-hydrogen) atoms. The van der Waals surface area contributed by atoms with Crippen molar-refractivity contribution in [2.75, 3.05) is 25.3 Å². The Morgan fingerprint density at radius 3 is 2.61 bits per heavy atom. The molecule has 0 bridgehead atoms. The third-order valence-corrected chi connectivity index (χ3v) is 6.68. The van der Waals surface area contributed by atoms with Crippen LogP contribution in [0.3, 0.4) is 0 Å². The second-order valence-corrected chi connectivity index (χ2v) is 8.79. The Morgan fingerprint density at radius 1 is 1.12 bits per heavy atom. The zero-order valence-electron chi connectivity index (χ0n) is 18.0. The molecule has 12 heteroatoms. The summed E-state index contributed by atoms with van der Waals surface area (Å²) >= 11 is 0. The number of nitro groups is 1. The number of rotatable bonds is 10. The molecular weight excluding hydrogens is 453 g/mol. The van der Waals surface area contributed by atoms with Gasteiger partial charge in [-0.25, -0.2) is 0 Å². The minimum Gasteiger partial charge on any atom is -0.454 e. The van der Waals surface area contributed by atoms with Crippen molar-refractivity contribution in [3.8, 4) is 23.0 Å². The van der Waals surface area contributed by atoms with Crippen LogP contribution in [-0.4, -0.2) is 29.9 Å². The quantitative estimate of drug-likeness (QED) is 0.254. The minimum atomic E-state index is -3.82. The van der Waals surface area contributed by atoms with Crippen LogP contribution in [0.2, 0.25) is 0 Å². The zero-order chi connectivity index (χ0) is 23.4. The summed E-state index contributed by atoms with van der Waals surface area (Å²) in [5.74, 6) is 1.41. The van der Waals surface area contributed by atoms with Crippen LogP contribution in [-0.2, 0) is 20.2 Å². The van der Waals surface area contributed by atoms with Gasteiger partial charge in [-0.05, 0) is 37.6 Å². The van der Waals surface area contributed by atoms with Crippen LogP contribution in [0.1, 0.15) is 19.4 Å². The van der Waals surface area contributed by atoms with Crippen LogP contribution in [0, 0.1) is 10.1 Å². The number of hydrogen-bond acceptors (Lipinski definition) is 10. The number of ether oxygens (including phenoxy) is 2. The summed E-state index contributed by atoms with van der Waals surface area (Å²) in [7, 11) is -3.82. The molecule has 1 aliphatic heterocycles. The van der Waals surface area contributed by atoms with E-state index in [4.69, 9.17) is 22.9 Å². The van der Waals surface area contributed by atoms with Gasteiger partial charge < -0.3 is 28.3 Å². The summed E-state index contributed by atoms with van der Waals surface area (Å²) in [6.07, 6.45) is 0. The number of fused-ring (bicyclic) bond motifs is 1. The maximum absolute atomic E-state index is 13.5. The number of hydrogen-bond donors (Lipinski definition) is 1. The first-order valence-corrected chi connectivity index (χ1v) is 11.8. The third-order valence-electron chi connectivity index (χ3n) is 4.66. The largest absolute Gasteiger partial charge is 0.454 e. The molecule has 0 amide bonds. The first-order valence-electron chi connectivity index (χ1n) is 10.2. The lowest BCUT2D eigenvalue weighted by Gasteiger charge is -2.15. The number of oxazole rings is 1. The molecule has 0 atom stereocenters. The van der Waals surface area contributed by atoms with Crippen molar-refractivity contribution in [3.05, 3.63) is 58.1 Å². The topological polar surface area (TPSA) is 135 Å². The second kappa shape index (κ2) is 9.62. The van der Waals surface area contributed by atoms with Crippen molar-refractivity contribution >= 4 is 24.6 Å². The molecule has 174 valence electrons. The van der Waals surface area contributed by atoms with E-state index in [1.807, 2.05) is 12.1 Å². The van der Waals surface area contributed by atoms with E-state index in [0.29, 0.717) is 17.1 Å². The van der Waals surface area contributed by atoms with Crippen molar-refractivity contribution in [3.63, 3.8) is 0 Å². The average Bonchev–Trinajstić information content (AvgIpc) is 3.45. The van der Waals surface area contributed by atoms with E-state index in [1.165, 1.54) is 18.2 Å². The van der Waals surface area contributed by atoms with E-state index >= 15 is 0 Å². The molecule has 1 aromatic heterocycles. The predicted octanol–water partition coefficient (Wildman–Crippen LogP) is 4.48. The Labute approximate surface area is 189 Å². The lowest BCUT2D eigenvalue weighted by atomic mass is 10.2. The lowest BCUT2D eigenvalue weighted by Crippen LogP contribution is -2.16. The SMILES string of the molecule is CCOP(=O)(OCC)c1nc(-c2cccc([N+](=O)[O-])c2)oc1NCc1ccc2c(c1)OCO2. The smallest absolute Gasteiger partial charge is 0.385 e. The third kappa shape index (κ3) is 4.85. The van der Waals surface area contributed by atoms with Gasteiger partial charge in [0.25, 0.3) is 5.69 Å². The highest BCUT2D eigenvalue weighted by Gasteiger charge is 2.36. The number of benzene rings is 2. The fourth-order valence-electron chi connectivity index (χ4n) is 3.22. The van der Waals surface area contributed by atoms with Crippen LogP contribution in [0.4, 0.5) is 11.6 Å². The fraction of sp³-hybridized carbons (Fsp3) is 0.286. The van der Waals surface area contributed by atoms with Gasteiger partial charge in [-0.3, -0.25) is 14.7 Å². The lowest BCUT2D eigenvalue weighted by molar-refractivity contribution is -0.384. The standard InChI is InChI=1S/C21H22N3O8P/c1-3-30-33(27,31-4-2)21-20(22-12-14-8-9-17-18(10-14)29-13-28-17)32-19(23-21)15-6-5-7-16(11-15)24(25)26/h5-11,22H,3-4,12-13H2,1-2H3. The maximum Gasteiger partial charge on any atom is 0.385 e. The molecule has 0 radical (unpaired) electrons. The minimum absolute atomic E-state index is 0.0338. The van der Waals surface area contributed by atoms with Crippen molar-refractivity contribution in [2.24, 2.45) is 0 Å². The summed E-state index contributed by atoms with van der Waals surface area (Å²) in [5, 5.41) is 14.2. The number of nitrogens with one attached hydrogen (secondary N) is 1. The molecule has 2 heterocycles. The van der Waals surface area contributed by atoms with E-state index in [2.05, 4.69) is 10.3 Å². The molecule has 2 aromatic carbocycles. The molecular formula is C21H22N3O8P. The number of nitro benzene ring substituents is 1. The van der Waals surface area contributed by atoms with E-state index in [-0.39, 0.29) is 49.4 Å². The van der Waals surface area contributed by atoms with Crippen molar-refractivity contribution in [2.45, 2.75) is 20.4 Å². The molecule has 0 unspecified atom stereocenters. The summed E-state index contributed by atoms with van der Waals surface area (Å²) in [6, 6.07) is 11.3. The molecule has 0 saturated carbocycles. The molecule has 1 aliphatic rings. The molecule has 0 fully saturated rings. The first-order chi connectivity index (χ1) is 15.9. The Balaban J connectivity index is 1.70. The van der Waals surface area contributed by atoms with Gasteiger partial charge in [0, 0.05) is 24.2 Å². The van der Waals surface area contributed by atoms with Gasteiger partial charge in [-0.15, -0.1) is 0 Å². The van der Waals surface area contributed by atoms with Gasteiger partial charge in [0.2, 0.25) is 24.0 Å². The fourth-order valence-corrected chi connectivity index (χ4v) is 4.81. The predicted molar refractivity (Wildman–Crippen MR) is 119 cm³/mol. The molecule has 0 spiro atoms. The Kier molecular flexibility index (Phi) is 6.64. The average molecular weight is 475 g/mol. The summed E-state index contributed by atoms with van der Waals surface area (Å²) in [4.78, 5) is 15.0. The van der Waals surface area contributed by atoms with E-state index in [0.717, 1.165) is 5.56 Å². The Hall–Kier alpha value is -3.40. The van der Waals surface area contributed by atoms with Gasteiger partial charge in [0.1, 0.15) is 0 Å². The van der Waals surface area contributed by atoms with E-state index in [1.54, 1.807) is 26.0 Å². The number of nitrogens with zero attached hydrogens (tertiary/aromatic N) is 2. The normalized spacial score (nSPS) is 12.7. The highest BCUT2D eigenvalue weighted by molar-refractivity contribution is 7.62. The molecule has 3 aromatic rings. The zero-order valence-corrected chi connectivity index (χ0v) is 18.9. The monoisotopic (exact) mass is 475 g/mol. The van der Waals surface area contributed by atoms with Gasteiger partial charge in [0.05, 0.1) is 18.1 Å². The number of anilines is 1. The van der Waals surface area contributed by atoms with Gasteiger partial charge >= 0.3 is 7.60 Å². The van der Waals surface area contributed by atoms with Crippen LogP contribution in [0.15, 0.2) is 46.9 Å². The van der Waals surface area contributed by atoms with E-state index < -0.39 is 12.5 Å². The van der Waals surface area contributed by atoms with Crippen LogP contribution < -0.4 is 20.2 Å². The van der Waals surface area contributed by atoms with Crippen LogP contribution >= 0.6 is 7.60 Å².